The first-order valence-corrected chi connectivity index (χ1v) is 6.09. The number of aromatic nitrogens is 2. The van der Waals surface area contributed by atoms with Crippen LogP contribution in [0.25, 0.3) is 0 Å². The Morgan fingerprint density at radius 2 is 2.06 bits per heavy atom. The Labute approximate surface area is 104 Å². The average Bonchev–Trinajstić information content (AvgIpc) is 2.80. The second-order valence-electron chi connectivity index (χ2n) is 3.59. The predicted molar refractivity (Wildman–Crippen MR) is 69.5 cm³/mol. The van der Waals surface area contributed by atoms with E-state index in [9.17, 15) is 0 Å². The smallest absolute Gasteiger partial charge is 0.0945 e. The number of hydrogen-bond acceptors (Lipinski definition) is 2. The third kappa shape index (κ3) is 3.38. The molecule has 84 valence electrons. The van der Waals surface area contributed by atoms with Gasteiger partial charge in [-0.15, -0.1) is 0 Å². The van der Waals surface area contributed by atoms with E-state index >= 15 is 0 Å². The summed E-state index contributed by atoms with van der Waals surface area (Å²) in [6.45, 7) is 1.98. The Kier molecular flexibility index (Phi) is 3.99. The molecule has 3 nitrogen and oxygen atoms in total. The molecule has 0 fully saturated rings. The van der Waals surface area contributed by atoms with Gasteiger partial charge in [0.1, 0.15) is 0 Å². The molecule has 0 spiro atoms. The molecule has 0 bridgehead atoms. The van der Waals surface area contributed by atoms with Gasteiger partial charge >= 0.3 is 0 Å². The summed E-state index contributed by atoms with van der Waals surface area (Å²) in [5, 5.41) is 3.38. The van der Waals surface area contributed by atoms with Gasteiger partial charge < -0.3 is 9.88 Å². The molecular formula is C12H14BrN3. The number of nitrogens with zero attached hydrogens (tertiary/aromatic N) is 2. The fourth-order valence-corrected chi connectivity index (χ4v) is 1.75. The van der Waals surface area contributed by atoms with Gasteiger partial charge in [0.2, 0.25) is 0 Å². The van der Waals surface area contributed by atoms with E-state index in [0.29, 0.717) is 0 Å². The molecule has 0 saturated carbocycles. The molecule has 1 heterocycles. The van der Waals surface area contributed by atoms with Crippen molar-refractivity contribution in [3.63, 3.8) is 0 Å². The molecule has 16 heavy (non-hydrogen) atoms. The summed E-state index contributed by atoms with van der Waals surface area (Å²) in [6.07, 6.45) is 6.73. The number of rotatable bonds is 5. The molecule has 0 aliphatic carbocycles. The van der Waals surface area contributed by atoms with Gasteiger partial charge in [0, 0.05) is 35.6 Å². The molecule has 1 aromatic carbocycles. The molecular weight excluding hydrogens is 266 g/mol. The highest BCUT2D eigenvalue weighted by Crippen LogP contribution is 2.13. The molecule has 2 aromatic rings. The first-order chi connectivity index (χ1) is 7.84. The topological polar surface area (TPSA) is 29.9 Å². The zero-order valence-corrected chi connectivity index (χ0v) is 10.5. The summed E-state index contributed by atoms with van der Waals surface area (Å²) in [5.41, 5.74) is 1.16. The van der Waals surface area contributed by atoms with Gasteiger partial charge in [-0.1, -0.05) is 15.9 Å². The lowest BCUT2D eigenvalue weighted by Gasteiger charge is -2.06. The molecule has 0 atom stereocenters. The molecule has 2 rings (SSSR count). The van der Waals surface area contributed by atoms with Crippen molar-refractivity contribution in [2.45, 2.75) is 13.0 Å². The fourth-order valence-electron chi connectivity index (χ4n) is 1.48. The molecule has 1 aromatic heterocycles. The highest BCUT2D eigenvalue weighted by molar-refractivity contribution is 9.10. The maximum atomic E-state index is 4.01. The van der Waals surface area contributed by atoms with Crippen LogP contribution in [0.4, 0.5) is 5.69 Å². The lowest BCUT2D eigenvalue weighted by molar-refractivity contribution is 0.661. The minimum Gasteiger partial charge on any atom is -0.385 e. The minimum absolute atomic E-state index is 0.972. The van der Waals surface area contributed by atoms with Crippen molar-refractivity contribution in [1.82, 2.24) is 9.55 Å². The van der Waals surface area contributed by atoms with Crippen molar-refractivity contribution >= 4 is 21.6 Å². The van der Waals surface area contributed by atoms with Crippen LogP contribution in [0, 0.1) is 0 Å². The van der Waals surface area contributed by atoms with Crippen molar-refractivity contribution in [1.29, 1.82) is 0 Å². The molecule has 0 amide bonds. The van der Waals surface area contributed by atoms with E-state index in [4.69, 9.17) is 0 Å². The highest BCUT2D eigenvalue weighted by Gasteiger charge is 1.93. The molecule has 0 radical (unpaired) electrons. The SMILES string of the molecule is Brc1ccc(NCCCn2ccnc2)cc1. The molecule has 1 N–H and O–H groups in total. The third-order valence-electron chi connectivity index (χ3n) is 2.33. The zero-order valence-electron chi connectivity index (χ0n) is 8.94. The highest BCUT2D eigenvalue weighted by atomic mass is 79.9. The first-order valence-electron chi connectivity index (χ1n) is 5.30. The van der Waals surface area contributed by atoms with Gasteiger partial charge in [0.15, 0.2) is 0 Å². The second-order valence-corrected chi connectivity index (χ2v) is 4.50. The van der Waals surface area contributed by atoms with Crippen LogP contribution in [0.15, 0.2) is 47.5 Å². The van der Waals surface area contributed by atoms with Crippen LogP contribution in [0.2, 0.25) is 0 Å². The molecule has 0 aliphatic rings. The third-order valence-corrected chi connectivity index (χ3v) is 2.85. The van der Waals surface area contributed by atoms with E-state index in [-0.39, 0.29) is 0 Å². The van der Waals surface area contributed by atoms with Crippen molar-refractivity contribution in [2.24, 2.45) is 0 Å². The summed E-state index contributed by atoms with van der Waals surface area (Å²) in [4.78, 5) is 4.01. The number of imidazole rings is 1. The van der Waals surface area contributed by atoms with Crippen LogP contribution in [0.3, 0.4) is 0 Å². The van der Waals surface area contributed by atoms with E-state index in [2.05, 4.69) is 42.9 Å². The van der Waals surface area contributed by atoms with Gasteiger partial charge in [-0.05, 0) is 30.7 Å². The van der Waals surface area contributed by atoms with Gasteiger partial charge in [-0.2, -0.15) is 0 Å². The van der Waals surface area contributed by atoms with Gasteiger partial charge in [0.25, 0.3) is 0 Å². The van der Waals surface area contributed by atoms with E-state index in [1.54, 1.807) is 0 Å². The van der Waals surface area contributed by atoms with Crippen LogP contribution in [0.1, 0.15) is 6.42 Å². The Morgan fingerprint density at radius 1 is 1.25 bits per heavy atom. The van der Waals surface area contributed by atoms with Crippen molar-refractivity contribution in [3.05, 3.63) is 47.5 Å². The quantitative estimate of drug-likeness (QED) is 0.853. The normalized spacial score (nSPS) is 10.3. The lowest BCUT2D eigenvalue weighted by Crippen LogP contribution is -2.05. The van der Waals surface area contributed by atoms with Crippen molar-refractivity contribution in [3.8, 4) is 0 Å². The predicted octanol–water partition coefficient (Wildman–Crippen LogP) is 3.15. The fraction of sp³-hybridized carbons (Fsp3) is 0.250. The van der Waals surface area contributed by atoms with Gasteiger partial charge in [0.05, 0.1) is 6.33 Å². The average molecular weight is 280 g/mol. The van der Waals surface area contributed by atoms with Crippen LogP contribution in [-0.4, -0.2) is 16.1 Å². The summed E-state index contributed by atoms with van der Waals surface area (Å²) < 4.78 is 3.19. The zero-order chi connectivity index (χ0) is 11.2. The molecule has 0 saturated heterocycles. The summed E-state index contributed by atoms with van der Waals surface area (Å²) in [5.74, 6) is 0. The molecule has 4 heteroatoms. The largest absolute Gasteiger partial charge is 0.385 e. The number of aryl methyl sites for hydroxylation is 1. The standard InChI is InChI=1S/C12H14BrN3/c13-11-2-4-12(5-3-11)15-6-1-8-16-9-7-14-10-16/h2-5,7,9-10,15H,1,6,8H2. The summed E-state index contributed by atoms with van der Waals surface area (Å²) in [7, 11) is 0. The minimum atomic E-state index is 0.972. The van der Waals surface area contributed by atoms with Crippen LogP contribution >= 0.6 is 15.9 Å². The first kappa shape index (κ1) is 11.2. The molecule has 0 unspecified atom stereocenters. The number of anilines is 1. The maximum Gasteiger partial charge on any atom is 0.0945 e. The number of nitrogens with one attached hydrogen (secondary N) is 1. The van der Waals surface area contributed by atoms with Crippen LogP contribution in [-0.2, 0) is 6.54 Å². The Balaban J connectivity index is 1.70. The van der Waals surface area contributed by atoms with E-state index in [1.807, 2.05) is 30.9 Å². The number of hydrogen-bond donors (Lipinski definition) is 1. The van der Waals surface area contributed by atoms with E-state index in [1.165, 1.54) is 0 Å². The van der Waals surface area contributed by atoms with Crippen molar-refractivity contribution in [2.75, 3.05) is 11.9 Å². The monoisotopic (exact) mass is 279 g/mol. The van der Waals surface area contributed by atoms with Gasteiger partial charge in [-0.25, -0.2) is 4.98 Å². The maximum absolute atomic E-state index is 4.01. The second kappa shape index (κ2) is 5.70. The number of halogens is 1. The molecule has 0 aliphatic heterocycles. The van der Waals surface area contributed by atoms with Crippen LogP contribution in [0.5, 0.6) is 0 Å². The lowest BCUT2D eigenvalue weighted by atomic mass is 10.3. The Morgan fingerprint density at radius 3 is 2.75 bits per heavy atom. The number of benzene rings is 1. The summed E-state index contributed by atoms with van der Waals surface area (Å²) in [6, 6.07) is 8.22. The van der Waals surface area contributed by atoms with Gasteiger partial charge in [-0.3, -0.25) is 0 Å². The van der Waals surface area contributed by atoms with Crippen molar-refractivity contribution < 1.29 is 0 Å². The van der Waals surface area contributed by atoms with E-state index < -0.39 is 0 Å². The Hall–Kier alpha value is -1.29. The summed E-state index contributed by atoms with van der Waals surface area (Å²) >= 11 is 3.42. The Bertz CT molecular complexity index is 408. The van der Waals surface area contributed by atoms with E-state index in [0.717, 1.165) is 29.7 Å². The van der Waals surface area contributed by atoms with Crippen LogP contribution < -0.4 is 5.32 Å².